The first-order valence-electron chi connectivity index (χ1n) is 11.3. The number of nitrogens with zero attached hydrogens (tertiary/aromatic N) is 3. The minimum absolute atomic E-state index is 0.0491. The molecule has 30 heavy (non-hydrogen) atoms. The number of aryl methyl sites for hydroxylation is 1. The van der Waals surface area contributed by atoms with E-state index in [4.69, 9.17) is 0 Å². The molecule has 0 aliphatic carbocycles. The molecule has 3 heterocycles. The molecule has 3 amide bonds. The highest BCUT2D eigenvalue weighted by molar-refractivity contribution is 6.12. The highest BCUT2D eigenvalue weighted by Crippen LogP contribution is 2.32. The number of hydrogen-bond donors (Lipinski definition) is 1. The molecule has 0 saturated carbocycles. The average Bonchev–Trinajstić information content (AvgIpc) is 3.05. The van der Waals surface area contributed by atoms with Crippen LogP contribution in [0.25, 0.3) is 0 Å². The van der Waals surface area contributed by atoms with Gasteiger partial charge in [0.15, 0.2) is 0 Å². The van der Waals surface area contributed by atoms with Crippen molar-refractivity contribution in [2.24, 2.45) is 0 Å². The summed E-state index contributed by atoms with van der Waals surface area (Å²) in [6.45, 7) is 6.08. The van der Waals surface area contributed by atoms with Crippen LogP contribution < -0.4 is 10.2 Å². The van der Waals surface area contributed by atoms with Crippen LogP contribution in [-0.2, 0) is 9.59 Å². The molecule has 0 unspecified atom stereocenters. The Hall–Kier alpha value is -2.41. The molecule has 3 aliphatic rings. The first-order valence-corrected chi connectivity index (χ1v) is 11.3. The molecular formula is C23H32N4O3. The van der Waals surface area contributed by atoms with Crippen LogP contribution in [0.2, 0.25) is 0 Å². The van der Waals surface area contributed by atoms with Crippen molar-refractivity contribution in [1.29, 1.82) is 0 Å². The van der Waals surface area contributed by atoms with E-state index in [1.165, 1.54) is 30.6 Å². The van der Waals surface area contributed by atoms with Crippen LogP contribution in [0.1, 0.15) is 54.4 Å². The summed E-state index contributed by atoms with van der Waals surface area (Å²) in [4.78, 5) is 44.6. The van der Waals surface area contributed by atoms with Gasteiger partial charge in [-0.25, -0.2) is 0 Å². The Morgan fingerprint density at radius 2 is 1.83 bits per heavy atom. The Balaban J connectivity index is 1.45. The maximum Gasteiger partial charge on any atom is 0.256 e. The van der Waals surface area contributed by atoms with Gasteiger partial charge in [-0.2, -0.15) is 0 Å². The van der Waals surface area contributed by atoms with Crippen LogP contribution in [0.5, 0.6) is 0 Å². The quantitative estimate of drug-likeness (QED) is 0.802. The van der Waals surface area contributed by atoms with E-state index in [1.807, 2.05) is 19.1 Å². The summed E-state index contributed by atoms with van der Waals surface area (Å²) in [6.07, 6.45) is 6.49. The summed E-state index contributed by atoms with van der Waals surface area (Å²) in [5.41, 5.74) is 2.03. The molecule has 0 spiro atoms. The number of anilines is 1. The number of carbonyl (C=O) groups excluding carboxylic acids is 3. The van der Waals surface area contributed by atoms with Gasteiger partial charge in [0.2, 0.25) is 11.8 Å². The molecule has 2 fully saturated rings. The van der Waals surface area contributed by atoms with Crippen LogP contribution in [0.4, 0.5) is 5.69 Å². The van der Waals surface area contributed by atoms with Gasteiger partial charge in [0, 0.05) is 19.6 Å². The minimum Gasteiger partial charge on any atom is -0.353 e. The van der Waals surface area contributed by atoms with Gasteiger partial charge in [-0.05, 0) is 57.8 Å². The Bertz CT molecular complexity index is 817. The average molecular weight is 413 g/mol. The summed E-state index contributed by atoms with van der Waals surface area (Å²) in [6, 6.07) is 5.05. The van der Waals surface area contributed by atoms with Crippen LogP contribution >= 0.6 is 0 Å². The van der Waals surface area contributed by atoms with Gasteiger partial charge >= 0.3 is 0 Å². The lowest BCUT2D eigenvalue weighted by Gasteiger charge is -2.26. The van der Waals surface area contributed by atoms with E-state index in [0.717, 1.165) is 31.6 Å². The lowest BCUT2D eigenvalue weighted by Crippen LogP contribution is -2.48. The van der Waals surface area contributed by atoms with Gasteiger partial charge in [0.05, 0.1) is 11.3 Å². The fourth-order valence-corrected chi connectivity index (χ4v) is 4.85. The Kier molecular flexibility index (Phi) is 6.37. The molecule has 0 radical (unpaired) electrons. The van der Waals surface area contributed by atoms with Crippen LogP contribution in [-0.4, -0.2) is 72.8 Å². The van der Waals surface area contributed by atoms with Crippen molar-refractivity contribution in [2.75, 3.05) is 44.2 Å². The van der Waals surface area contributed by atoms with Crippen molar-refractivity contribution >= 4 is 23.4 Å². The first-order chi connectivity index (χ1) is 14.5. The minimum atomic E-state index is -0.463. The summed E-state index contributed by atoms with van der Waals surface area (Å²) < 4.78 is 0. The molecular weight excluding hydrogens is 380 g/mol. The molecule has 1 atom stereocenters. The summed E-state index contributed by atoms with van der Waals surface area (Å²) in [5.74, 6) is -0.427. The number of nitrogens with one attached hydrogen (secondary N) is 1. The highest BCUT2D eigenvalue weighted by Gasteiger charge is 2.42. The van der Waals surface area contributed by atoms with E-state index < -0.39 is 6.04 Å². The summed E-state index contributed by atoms with van der Waals surface area (Å²) >= 11 is 0. The van der Waals surface area contributed by atoms with Gasteiger partial charge in [-0.3, -0.25) is 14.4 Å². The Morgan fingerprint density at radius 3 is 2.60 bits per heavy atom. The van der Waals surface area contributed by atoms with Crippen molar-refractivity contribution < 1.29 is 14.4 Å². The third-order valence-corrected chi connectivity index (χ3v) is 6.49. The first kappa shape index (κ1) is 20.8. The largest absolute Gasteiger partial charge is 0.353 e. The van der Waals surface area contributed by atoms with E-state index in [0.29, 0.717) is 30.8 Å². The van der Waals surface area contributed by atoms with Crippen molar-refractivity contribution in [3.63, 3.8) is 0 Å². The normalized spacial score (nSPS) is 22.4. The number of carbonyl (C=O) groups is 3. The van der Waals surface area contributed by atoms with Crippen LogP contribution in [0.15, 0.2) is 18.2 Å². The zero-order valence-electron chi connectivity index (χ0n) is 17.9. The predicted octanol–water partition coefficient (Wildman–Crippen LogP) is 1.94. The van der Waals surface area contributed by atoms with E-state index in [-0.39, 0.29) is 24.3 Å². The Morgan fingerprint density at radius 1 is 1.07 bits per heavy atom. The zero-order valence-corrected chi connectivity index (χ0v) is 17.9. The number of benzene rings is 1. The molecule has 7 nitrogen and oxygen atoms in total. The molecule has 7 heteroatoms. The predicted molar refractivity (Wildman–Crippen MR) is 116 cm³/mol. The van der Waals surface area contributed by atoms with Crippen LogP contribution in [0.3, 0.4) is 0 Å². The third-order valence-electron chi connectivity index (χ3n) is 6.49. The topological polar surface area (TPSA) is 73.0 Å². The van der Waals surface area contributed by atoms with Gasteiger partial charge < -0.3 is 20.0 Å². The molecule has 162 valence electrons. The number of amides is 3. The van der Waals surface area contributed by atoms with Crippen molar-refractivity contribution in [3.05, 3.63) is 29.3 Å². The molecule has 1 aromatic rings. The van der Waals surface area contributed by atoms with Crippen molar-refractivity contribution in [3.8, 4) is 0 Å². The monoisotopic (exact) mass is 412 g/mol. The maximum absolute atomic E-state index is 13.3. The summed E-state index contributed by atoms with van der Waals surface area (Å²) in [7, 11) is 0. The molecule has 2 saturated heterocycles. The van der Waals surface area contributed by atoms with Gasteiger partial charge in [0.1, 0.15) is 12.6 Å². The lowest BCUT2D eigenvalue weighted by atomic mass is 10.1. The van der Waals surface area contributed by atoms with E-state index in [1.54, 1.807) is 11.0 Å². The Labute approximate surface area is 178 Å². The standard InChI is InChI=1S/C23H32N4O3/c1-17-8-9-19-18(15-17)22(29)26-13-6-7-20(26)23(30)27(19)16-21(28)24-10-14-25-11-4-2-3-5-12-25/h8-9,15,20H,2-7,10-14,16H2,1H3,(H,24,28)/t20-/m1/s1. The smallest absolute Gasteiger partial charge is 0.256 e. The molecule has 0 aromatic heterocycles. The van der Waals surface area contributed by atoms with Gasteiger partial charge in [0.25, 0.3) is 5.91 Å². The SMILES string of the molecule is Cc1ccc2c(c1)C(=O)N1CCC[C@@H]1C(=O)N2CC(=O)NCCN1CCCCCC1. The molecule has 3 aliphatic heterocycles. The third kappa shape index (κ3) is 4.36. The second kappa shape index (κ2) is 9.16. The molecule has 0 bridgehead atoms. The number of hydrogen-bond acceptors (Lipinski definition) is 4. The molecule has 4 rings (SSSR count). The van der Waals surface area contributed by atoms with Crippen molar-refractivity contribution in [2.45, 2.75) is 51.5 Å². The highest BCUT2D eigenvalue weighted by atomic mass is 16.2. The van der Waals surface area contributed by atoms with E-state index in [2.05, 4.69) is 10.2 Å². The fourth-order valence-electron chi connectivity index (χ4n) is 4.85. The number of rotatable bonds is 5. The van der Waals surface area contributed by atoms with Gasteiger partial charge in [-0.1, -0.05) is 24.5 Å². The van der Waals surface area contributed by atoms with E-state index in [9.17, 15) is 14.4 Å². The second-order valence-corrected chi connectivity index (χ2v) is 8.71. The van der Waals surface area contributed by atoms with Crippen LogP contribution in [0, 0.1) is 6.92 Å². The fraction of sp³-hybridized carbons (Fsp3) is 0.609. The summed E-state index contributed by atoms with van der Waals surface area (Å²) in [5, 5.41) is 2.98. The van der Waals surface area contributed by atoms with E-state index >= 15 is 0 Å². The number of likely N-dealkylation sites (tertiary alicyclic amines) is 1. The maximum atomic E-state index is 13.3. The van der Waals surface area contributed by atoms with Crippen molar-refractivity contribution in [1.82, 2.24) is 15.1 Å². The van der Waals surface area contributed by atoms with Gasteiger partial charge in [-0.15, -0.1) is 0 Å². The zero-order chi connectivity index (χ0) is 21.1. The lowest BCUT2D eigenvalue weighted by molar-refractivity contribution is -0.125. The number of fused-ring (bicyclic) bond motifs is 2. The molecule has 1 aromatic carbocycles. The second-order valence-electron chi connectivity index (χ2n) is 8.71. The molecule has 1 N–H and O–H groups in total.